The lowest BCUT2D eigenvalue weighted by molar-refractivity contribution is 0.0925. The van der Waals surface area contributed by atoms with Gasteiger partial charge >= 0.3 is 0 Å². The number of H-pyrrole nitrogens is 1. The number of aryl methyl sites for hydroxylation is 1. The third-order valence-electron chi connectivity index (χ3n) is 3.70. The number of amides is 1. The maximum Gasteiger partial charge on any atom is 0.287 e. The first-order valence-corrected chi connectivity index (χ1v) is 7.36. The van der Waals surface area contributed by atoms with Crippen molar-refractivity contribution in [1.29, 1.82) is 0 Å². The highest BCUT2D eigenvalue weighted by Gasteiger charge is 2.19. The molecule has 0 fully saturated rings. The average Bonchev–Trinajstić information content (AvgIpc) is 2.97. The minimum Gasteiger partial charge on any atom is -0.341 e. The zero-order chi connectivity index (χ0) is 15.5. The van der Waals surface area contributed by atoms with Gasteiger partial charge in [0.1, 0.15) is 0 Å². The number of aromatic nitrogens is 3. The Morgan fingerprint density at radius 2 is 2.09 bits per heavy atom. The van der Waals surface area contributed by atoms with Crippen molar-refractivity contribution < 1.29 is 4.79 Å². The molecule has 0 unspecified atom stereocenters. The van der Waals surface area contributed by atoms with Gasteiger partial charge in [0.2, 0.25) is 0 Å². The van der Waals surface area contributed by atoms with E-state index < -0.39 is 0 Å². The topological polar surface area (TPSA) is 70.7 Å². The van der Waals surface area contributed by atoms with Crippen LogP contribution in [-0.2, 0) is 0 Å². The maximum absolute atomic E-state index is 12.4. The second kappa shape index (κ2) is 5.97. The lowest BCUT2D eigenvalue weighted by atomic mass is 10.1. The Morgan fingerprint density at radius 1 is 1.27 bits per heavy atom. The first-order valence-electron chi connectivity index (χ1n) is 7.36. The summed E-state index contributed by atoms with van der Waals surface area (Å²) in [5.41, 5.74) is 3.61. The standard InChI is InChI=1S/C17H18N4O/c1-3-12(15-11(2)7-6-10-18-15)21-17(22)16-19-13-8-4-5-9-14(13)20-16/h4-10,12H,3H2,1-2H3,(H,19,20)(H,21,22)/t12-/m1/s1. The Hall–Kier alpha value is -2.69. The third-order valence-corrected chi connectivity index (χ3v) is 3.70. The number of hydrogen-bond donors (Lipinski definition) is 2. The van der Waals surface area contributed by atoms with Crippen molar-refractivity contribution in [3.05, 3.63) is 59.7 Å². The molecule has 5 nitrogen and oxygen atoms in total. The van der Waals surface area contributed by atoms with Crippen LogP contribution in [0.25, 0.3) is 11.0 Å². The number of fused-ring (bicyclic) bond motifs is 1. The van der Waals surface area contributed by atoms with Crippen molar-refractivity contribution in [2.45, 2.75) is 26.3 Å². The second-order valence-corrected chi connectivity index (χ2v) is 5.24. The van der Waals surface area contributed by atoms with Crippen molar-refractivity contribution in [3.8, 4) is 0 Å². The van der Waals surface area contributed by atoms with Crippen LogP contribution >= 0.6 is 0 Å². The zero-order valence-corrected chi connectivity index (χ0v) is 12.6. The number of pyridine rings is 1. The van der Waals surface area contributed by atoms with Gasteiger partial charge in [-0.1, -0.05) is 25.1 Å². The monoisotopic (exact) mass is 294 g/mol. The molecule has 0 saturated carbocycles. The van der Waals surface area contributed by atoms with Gasteiger partial charge in [-0.2, -0.15) is 0 Å². The number of nitrogens with zero attached hydrogens (tertiary/aromatic N) is 2. The molecule has 2 N–H and O–H groups in total. The van der Waals surface area contributed by atoms with Crippen molar-refractivity contribution in [1.82, 2.24) is 20.3 Å². The van der Waals surface area contributed by atoms with E-state index in [0.717, 1.165) is 28.7 Å². The van der Waals surface area contributed by atoms with Crippen LogP contribution in [0, 0.1) is 6.92 Å². The second-order valence-electron chi connectivity index (χ2n) is 5.24. The highest BCUT2D eigenvalue weighted by Crippen LogP contribution is 2.18. The van der Waals surface area contributed by atoms with Gasteiger partial charge in [-0.25, -0.2) is 4.98 Å². The van der Waals surface area contributed by atoms with E-state index in [9.17, 15) is 4.79 Å². The third kappa shape index (κ3) is 2.70. The first kappa shape index (κ1) is 14.3. The number of hydrogen-bond acceptors (Lipinski definition) is 3. The summed E-state index contributed by atoms with van der Waals surface area (Å²) < 4.78 is 0. The molecule has 0 aliphatic heterocycles. The molecule has 0 aliphatic rings. The number of nitrogens with one attached hydrogen (secondary N) is 2. The van der Waals surface area contributed by atoms with Crippen molar-refractivity contribution >= 4 is 16.9 Å². The molecule has 1 aromatic carbocycles. The molecule has 3 rings (SSSR count). The van der Waals surface area contributed by atoms with Gasteiger partial charge in [-0.05, 0) is 37.1 Å². The Morgan fingerprint density at radius 3 is 2.82 bits per heavy atom. The lowest BCUT2D eigenvalue weighted by Crippen LogP contribution is -2.30. The van der Waals surface area contributed by atoms with Crippen LogP contribution < -0.4 is 5.32 Å². The molecule has 1 amide bonds. The van der Waals surface area contributed by atoms with Crippen LogP contribution in [-0.4, -0.2) is 20.9 Å². The summed E-state index contributed by atoms with van der Waals surface area (Å²) in [6.07, 6.45) is 2.52. The van der Waals surface area contributed by atoms with E-state index in [0.29, 0.717) is 5.82 Å². The Balaban J connectivity index is 1.84. The van der Waals surface area contributed by atoms with E-state index in [-0.39, 0.29) is 11.9 Å². The highest BCUT2D eigenvalue weighted by atomic mass is 16.2. The van der Waals surface area contributed by atoms with Gasteiger partial charge in [-0.3, -0.25) is 9.78 Å². The van der Waals surface area contributed by atoms with Crippen molar-refractivity contribution in [3.63, 3.8) is 0 Å². The van der Waals surface area contributed by atoms with E-state index in [1.54, 1.807) is 6.20 Å². The molecular weight excluding hydrogens is 276 g/mol. The summed E-state index contributed by atoms with van der Waals surface area (Å²) in [5.74, 6) is 0.112. The number of carbonyl (C=O) groups is 1. The predicted molar refractivity (Wildman–Crippen MR) is 85.6 cm³/mol. The minimum absolute atomic E-state index is 0.123. The smallest absolute Gasteiger partial charge is 0.287 e. The van der Waals surface area contributed by atoms with Gasteiger partial charge in [0, 0.05) is 6.20 Å². The molecule has 2 heterocycles. The number of imidazole rings is 1. The summed E-state index contributed by atoms with van der Waals surface area (Å²) in [6, 6.07) is 11.4. The summed E-state index contributed by atoms with van der Waals surface area (Å²) in [6.45, 7) is 4.02. The number of benzene rings is 1. The van der Waals surface area contributed by atoms with Crippen LogP contribution in [0.15, 0.2) is 42.6 Å². The predicted octanol–water partition coefficient (Wildman–Crippen LogP) is 3.15. The normalized spacial score (nSPS) is 12.3. The van der Waals surface area contributed by atoms with E-state index in [1.807, 2.05) is 50.2 Å². The van der Waals surface area contributed by atoms with Gasteiger partial charge in [0.15, 0.2) is 5.82 Å². The summed E-state index contributed by atoms with van der Waals surface area (Å²) in [7, 11) is 0. The van der Waals surface area contributed by atoms with E-state index in [4.69, 9.17) is 0 Å². The van der Waals surface area contributed by atoms with Gasteiger partial charge in [0.25, 0.3) is 5.91 Å². The van der Waals surface area contributed by atoms with Crippen LogP contribution in [0.1, 0.15) is 41.3 Å². The Bertz CT molecular complexity index is 776. The molecular formula is C17H18N4O. The summed E-state index contributed by atoms with van der Waals surface area (Å²) >= 11 is 0. The molecule has 3 aromatic rings. The first-order chi connectivity index (χ1) is 10.7. The Kier molecular flexibility index (Phi) is 3.87. The van der Waals surface area contributed by atoms with E-state index in [2.05, 4.69) is 20.3 Å². The molecule has 0 radical (unpaired) electrons. The van der Waals surface area contributed by atoms with Crippen LogP contribution in [0.2, 0.25) is 0 Å². The fourth-order valence-electron chi connectivity index (χ4n) is 2.51. The summed E-state index contributed by atoms with van der Waals surface area (Å²) in [5, 5.41) is 3.01. The summed E-state index contributed by atoms with van der Waals surface area (Å²) in [4.78, 5) is 24.2. The van der Waals surface area contributed by atoms with Gasteiger partial charge in [0.05, 0.1) is 22.8 Å². The SMILES string of the molecule is CC[C@@H](NC(=O)c1nc2ccccc2[nH]1)c1ncccc1C. The molecule has 2 aromatic heterocycles. The quantitative estimate of drug-likeness (QED) is 0.776. The molecule has 0 spiro atoms. The minimum atomic E-state index is -0.215. The number of rotatable bonds is 4. The molecule has 1 atom stereocenters. The molecule has 5 heteroatoms. The number of carbonyl (C=O) groups excluding carboxylic acids is 1. The maximum atomic E-state index is 12.4. The van der Waals surface area contributed by atoms with Crippen LogP contribution in [0.5, 0.6) is 0 Å². The molecule has 112 valence electrons. The average molecular weight is 294 g/mol. The Labute approximate surface area is 128 Å². The lowest BCUT2D eigenvalue weighted by Gasteiger charge is -2.17. The van der Waals surface area contributed by atoms with Crippen molar-refractivity contribution in [2.75, 3.05) is 0 Å². The number of para-hydroxylation sites is 2. The molecule has 22 heavy (non-hydrogen) atoms. The van der Waals surface area contributed by atoms with E-state index >= 15 is 0 Å². The largest absolute Gasteiger partial charge is 0.341 e. The van der Waals surface area contributed by atoms with Crippen molar-refractivity contribution in [2.24, 2.45) is 0 Å². The highest BCUT2D eigenvalue weighted by molar-refractivity contribution is 5.94. The molecule has 0 saturated heterocycles. The van der Waals surface area contributed by atoms with Gasteiger partial charge < -0.3 is 10.3 Å². The fraction of sp³-hybridized carbons (Fsp3) is 0.235. The van der Waals surface area contributed by atoms with Crippen LogP contribution in [0.4, 0.5) is 0 Å². The zero-order valence-electron chi connectivity index (χ0n) is 12.6. The van der Waals surface area contributed by atoms with Gasteiger partial charge in [-0.15, -0.1) is 0 Å². The fourth-order valence-corrected chi connectivity index (χ4v) is 2.51. The van der Waals surface area contributed by atoms with E-state index in [1.165, 1.54) is 0 Å². The molecule has 0 bridgehead atoms. The molecule has 0 aliphatic carbocycles. The number of aromatic amines is 1. The van der Waals surface area contributed by atoms with Crippen LogP contribution in [0.3, 0.4) is 0 Å².